The van der Waals surface area contributed by atoms with E-state index in [-0.39, 0.29) is 0 Å². The summed E-state index contributed by atoms with van der Waals surface area (Å²) in [5, 5.41) is 0. The van der Waals surface area contributed by atoms with E-state index in [0.717, 1.165) is 33.4 Å². The van der Waals surface area contributed by atoms with Crippen molar-refractivity contribution in [2.45, 2.75) is 55.4 Å². The van der Waals surface area contributed by atoms with Crippen LogP contribution in [0.15, 0.2) is 72.8 Å². The minimum absolute atomic E-state index is 0.347. The average molecular weight is 633 g/mol. The molecule has 0 spiro atoms. The molecule has 2 heterocycles. The molecular weight excluding hydrogens is 596 g/mol. The van der Waals surface area contributed by atoms with Gasteiger partial charge in [-0.25, -0.2) is 9.80 Å². The molecule has 0 saturated carbocycles. The predicted molar refractivity (Wildman–Crippen MR) is 190 cm³/mol. The maximum Gasteiger partial charge on any atom is 0.266 e. The molecule has 2 aliphatic rings. The summed E-state index contributed by atoms with van der Waals surface area (Å²) >= 11 is 0. The fourth-order valence-corrected chi connectivity index (χ4v) is 7.21. The van der Waals surface area contributed by atoms with Gasteiger partial charge in [0.2, 0.25) is 0 Å². The lowest BCUT2D eigenvalue weighted by Crippen LogP contribution is -2.32. The third-order valence-corrected chi connectivity index (χ3v) is 10.5. The van der Waals surface area contributed by atoms with Crippen molar-refractivity contribution in [1.29, 1.82) is 0 Å². The summed E-state index contributed by atoms with van der Waals surface area (Å²) in [7, 11) is 0. The quantitative estimate of drug-likeness (QED) is 0.185. The summed E-state index contributed by atoms with van der Waals surface area (Å²) in [5.41, 5.74) is 14.3. The van der Waals surface area contributed by atoms with Gasteiger partial charge in [-0.3, -0.25) is 19.2 Å². The number of hydrogen-bond acceptors (Lipinski definition) is 4. The topological polar surface area (TPSA) is 74.8 Å². The number of imide groups is 2. The Hall–Kier alpha value is -5.62. The first kappa shape index (κ1) is 31.0. The standard InChI is InChI=1S/C42H36N2O4/c1-21-9-13-32(27(7)25(21)5)29-11-15-34-36(19-29)41(47)43(39(34)45)31-17-23(3)38(24(4)18-31)44-40(46)35-16-12-30(20-37(35)42(44)48)33-14-10-22(2)26(6)28(33)8/h9-20H,1-8H3. The van der Waals surface area contributed by atoms with E-state index in [4.69, 9.17) is 0 Å². The van der Waals surface area contributed by atoms with Gasteiger partial charge in [0.05, 0.1) is 33.6 Å². The maximum absolute atomic E-state index is 13.9. The maximum atomic E-state index is 13.9. The molecule has 0 fully saturated rings. The molecule has 238 valence electrons. The largest absolute Gasteiger partial charge is 0.268 e. The van der Waals surface area contributed by atoms with Crippen LogP contribution >= 0.6 is 0 Å². The van der Waals surface area contributed by atoms with Gasteiger partial charge in [0, 0.05) is 0 Å². The molecule has 0 aliphatic carbocycles. The van der Waals surface area contributed by atoms with Gasteiger partial charge < -0.3 is 0 Å². The van der Waals surface area contributed by atoms with Crippen molar-refractivity contribution in [1.82, 2.24) is 0 Å². The number of aryl methyl sites for hydroxylation is 4. The molecule has 0 radical (unpaired) electrons. The van der Waals surface area contributed by atoms with Crippen molar-refractivity contribution >= 4 is 35.0 Å². The molecular formula is C42H36N2O4. The fraction of sp³-hybridized carbons (Fsp3) is 0.190. The summed E-state index contributed by atoms with van der Waals surface area (Å²) in [6.45, 7) is 16.0. The molecule has 5 aromatic rings. The van der Waals surface area contributed by atoms with Crippen LogP contribution in [0.1, 0.15) is 85.9 Å². The Bertz CT molecular complexity index is 2290. The number of anilines is 2. The van der Waals surface area contributed by atoms with Crippen LogP contribution < -0.4 is 9.80 Å². The molecule has 2 aliphatic heterocycles. The van der Waals surface area contributed by atoms with E-state index in [9.17, 15) is 19.2 Å². The number of amides is 4. The lowest BCUT2D eigenvalue weighted by Gasteiger charge is -2.22. The Labute approximate surface area is 280 Å². The van der Waals surface area contributed by atoms with Crippen LogP contribution in [0.25, 0.3) is 22.3 Å². The second-order valence-corrected chi connectivity index (χ2v) is 13.2. The smallest absolute Gasteiger partial charge is 0.266 e. The first-order chi connectivity index (χ1) is 22.8. The third-order valence-electron chi connectivity index (χ3n) is 10.5. The average Bonchev–Trinajstić information content (AvgIpc) is 3.45. The van der Waals surface area contributed by atoms with Crippen LogP contribution in [0, 0.1) is 55.4 Å². The highest BCUT2D eigenvalue weighted by atomic mass is 16.2. The van der Waals surface area contributed by atoms with Gasteiger partial charge in [0.15, 0.2) is 0 Å². The number of benzene rings is 5. The number of nitrogens with zero attached hydrogens (tertiary/aromatic N) is 2. The predicted octanol–water partition coefficient (Wildman–Crippen LogP) is 9.09. The van der Waals surface area contributed by atoms with Crippen LogP contribution in [0.3, 0.4) is 0 Å². The van der Waals surface area contributed by atoms with E-state index in [2.05, 4.69) is 59.7 Å². The Morgan fingerprint density at radius 2 is 0.729 bits per heavy atom. The first-order valence-electron chi connectivity index (χ1n) is 16.1. The molecule has 48 heavy (non-hydrogen) atoms. The summed E-state index contributed by atoms with van der Waals surface area (Å²) in [6.07, 6.45) is 0. The van der Waals surface area contributed by atoms with Gasteiger partial charge in [0.25, 0.3) is 23.6 Å². The van der Waals surface area contributed by atoms with Crippen LogP contribution in [0.5, 0.6) is 0 Å². The van der Waals surface area contributed by atoms with E-state index in [1.165, 1.54) is 32.1 Å². The molecule has 0 N–H and O–H groups in total. The molecule has 5 aromatic carbocycles. The van der Waals surface area contributed by atoms with Crippen LogP contribution in [0.2, 0.25) is 0 Å². The summed E-state index contributed by atoms with van der Waals surface area (Å²) < 4.78 is 0. The normalized spacial score (nSPS) is 13.9. The van der Waals surface area contributed by atoms with E-state index >= 15 is 0 Å². The Kier molecular flexibility index (Phi) is 7.09. The first-order valence-corrected chi connectivity index (χ1v) is 16.1. The van der Waals surface area contributed by atoms with Crippen molar-refractivity contribution in [3.8, 4) is 22.3 Å². The molecule has 0 bridgehead atoms. The SMILES string of the molecule is Cc1ccc(-c2ccc3c(c2)C(=O)N(c2cc(C)c(N4C(=O)c5ccc(-c6ccc(C)c(C)c6C)cc5C4=O)c(C)c2)C3=O)c(C)c1C. The summed E-state index contributed by atoms with van der Waals surface area (Å²) in [4.78, 5) is 57.5. The molecule has 7 rings (SSSR count). The third kappa shape index (κ3) is 4.47. The number of rotatable bonds is 4. The van der Waals surface area contributed by atoms with Crippen LogP contribution in [-0.2, 0) is 0 Å². The zero-order chi connectivity index (χ0) is 34.3. The lowest BCUT2D eigenvalue weighted by atomic mass is 9.92. The number of carbonyl (C=O) groups is 4. The Balaban J connectivity index is 1.22. The van der Waals surface area contributed by atoms with Crippen molar-refractivity contribution in [3.63, 3.8) is 0 Å². The highest BCUT2D eigenvalue weighted by Gasteiger charge is 2.40. The van der Waals surface area contributed by atoms with Gasteiger partial charge in [-0.1, -0.05) is 36.4 Å². The van der Waals surface area contributed by atoms with E-state index in [0.29, 0.717) is 44.8 Å². The molecule has 0 unspecified atom stereocenters. The molecule has 6 nitrogen and oxygen atoms in total. The van der Waals surface area contributed by atoms with E-state index in [1.54, 1.807) is 50.2 Å². The summed E-state index contributed by atoms with van der Waals surface area (Å²) in [5.74, 6) is -1.60. The minimum Gasteiger partial charge on any atom is -0.268 e. The van der Waals surface area contributed by atoms with Gasteiger partial charge in [-0.15, -0.1) is 0 Å². The van der Waals surface area contributed by atoms with Gasteiger partial charge in [-0.2, -0.15) is 0 Å². The van der Waals surface area contributed by atoms with Gasteiger partial charge in [0.1, 0.15) is 0 Å². The Morgan fingerprint density at radius 1 is 0.354 bits per heavy atom. The highest BCUT2D eigenvalue weighted by molar-refractivity contribution is 6.36. The Morgan fingerprint density at radius 3 is 1.19 bits per heavy atom. The minimum atomic E-state index is -0.403. The van der Waals surface area contributed by atoms with Crippen LogP contribution in [-0.4, -0.2) is 23.6 Å². The zero-order valence-electron chi connectivity index (χ0n) is 28.5. The number of fused-ring (bicyclic) bond motifs is 2. The molecule has 0 atom stereocenters. The van der Waals surface area contributed by atoms with Crippen LogP contribution in [0.4, 0.5) is 11.4 Å². The molecule has 0 aromatic heterocycles. The second kappa shape index (κ2) is 11.0. The fourth-order valence-electron chi connectivity index (χ4n) is 7.21. The van der Waals surface area contributed by atoms with E-state index < -0.39 is 23.6 Å². The van der Waals surface area contributed by atoms with Crippen molar-refractivity contribution in [2.24, 2.45) is 0 Å². The second-order valence-electron chi connectivity index (χ2n) is 13.2. The van der Waals surface area contributed by atoms with Gasteiger partial charge >= 0.3 is 0 Å². The summed E-state index contributed by atoms with van der Waals surface area (Å²) in [6, 6.07) is 22.5. The molecule has 6 heteroatoms. The monoisotopic (exact) mass is 632 g/mol. The molecule has 0 saturated heterocycles. The lowest BCUT2D eigenvalue weighted by molar-refractivity contribution is 0.0909. The van der Waals surface area contributed by atoms with Crippen molar-refractivity contribution in [2.75, 3.05) is 9.80 Å². The number of hydrogen-bond donors (Lipinski definition) is 0. The number of carbonyl (C=O) groups excluding carboxylic acids is 4. The zero-order valence-corrected chi connectivity index (χ0v) is 28.5. The van der Waals surface area contributed by atoms with Crippen molar-refractivity contribution < 1.29 is 19.2 Å². The van der Waals surface area contributed by atoms with Crippen molar-refractivity contribution in [3.05, 3.63) is 140 Å². The molecule has 4 amide bonds. The van der Waals surface area contributed by atoms with E-state index in [1.807, 2.05) is 18.2 Å². The van der Waals surface area contributed by atoms with Gasteiger partial charge in [-0.05, 0) is 159 Å². The highest BCUT2D eigenvalue weighted by Crippen LogP contribution is 2.40.